The van der Waals surface area contributed by atoms with Gasteiger partial charge in [0.15, 0.2) is 0 Å². The van der Waals surface area contributed by atoms with Crippen molar-refractivity contribution in [3.8, 4) is 0 Å². The van der Waals surface area contributed by atoms with Crippen molar-refractivity contribution < 1.29 is 19.7 Å². The maximum absolute atomic E-state index is 10.4. The summed E-state index contributed by atoms with van der Waals surface area (Å²) in [5, 5.41) is 17.5. The molecule has 0 aliphatic rings. The topological polar surface area (TPSA) is 66.8 Å². The van der Waals surface area contributed by atoms with Crippen molar-refractivity contribution in [1.82, 2.24) is 0 Å². The normalized spacial score (nSPS) is 12.8. The fourth-order valence-electron chi connectivity index (χ4n) is 2.72. The lowest BCUT2D eigenvalue weighted by molar-refractivity contribution is -0.137. The van der Waals surface area contributed by atoms with Crippen LogP contribution in [-0.4, -0.2) is 35.5 Å². The summed E-state index contributed by atoms with van der Waals surface area (Å²) in [5.74, 6) is -0.689. The molecule has 0 aromatic heterocycles. The number of ether oxygens (including phenoxy) is 1. The highest BCUT2D eigenvalue weighted by atomic mass is 16.5. The van der Waals surface area contributed by atoms with Gasteiger partial charge < -0.3 is 14.9 Å². The number of rotatable bonds is 18. The molecule has 0 spiro atoms. The Balaban J connectivity index is 3.63. The van der Waals surface area contributed by atoms with Crippen LogP contribution in [0.4, 0.5) is 0 Å². The second-order valence-corrected chi connectivity index (χ2v) is 6.47. The third kappa shape index (κ3) is 17.5. The van der Waals surface area contributed by atoms with Crippen LogP contribution in [-0.2, 0) is 9.53 Å². The van der Waals surface area contributed by atoms with E-state index < -0.39 is 5.97 Å². The van der Waals surface area contributed by atoms with Crippen LogP contribution in [0.5, 0.6) is 0 Å². The molecule has 0 saturated heterocycles. The average molecular weight is 343 g/mol. The molecule has 4 nitrogen and oxygen atoms in total. The summed E-state index contributed by atoms with van der Waals surface area (Å²) >= 11 is 0. The van der Waals surface area contributed by atoms with Crippen LogP contribution in [0, 0.1) is 0 Å². The standard InChI is InChI=1S/C20H38O4/c1-2-3-4-11-14-19(24-18-17-21)15-12-9-7-5-6-8-10-13-16-20(22)23/h9,12,19,21H,2-8,10-11,13-18H2,1H3,(H,22,23)/b12-9-/t19-/m1/s1. The van der Waals surface area contributed by atoms with Gasteiger partial charge in [-0.2, -0.15) is 0 Å². The first-order valence-electron chi connectivity index (χ1n) is 9.80. The van der Waals surface area contributed by atoms with Crippen molar-refractivity contribution in [2.45, 2.75) is 96.5 Å². The summed E-state index contributed by atoms with van der Waals surface area (Å²) in [4.78, 5) is 10.4. The Bertz CT molecular complexity index is 302. The summed E-state index contributed by atoms with van der Waals surface area (Å²) in [6.07, 6.45) is 18.4. The highest BCUT2D eigenvalue weighted by Crippen LogP contribution is 2.13. The molecular weight excluding hydrogens is 304 g/mol. The lowest BCUT2D eigenvalue weighted by Gasteiger charge is -2.15. The Kier molecular flexibility index (Phi) is 17.8. The predicted molar refractivity (Wildman–Crippen MR) is 99.3 cm³/mol. The maximum atomic E-state index is 10.4. The summed E-state index contributed by atoms with van der Waals surface area (Å²) in [5.41, 5.74) is 0. The second-order valence-electron chi connectivity index (χ2n) is 6.47. The third-order valence-corrected chi connectivity index (χ3v) is 4.15. The average Bonchev–Trinajstić information content (AvgIpc) is 2.57. The van der Waals surface area contributed by atoms with Gasteiger partial charge in [-0.05, 0) is 32.1 Å². The number of allylic oxidation sites excluding steroid dienone is 1. The van der Waals surface area contributed by atoms with E-state index in [0.29, 0.717) is 13.0 Å². The zero-order valence-electron chi connectivity index (χ0n) is 15.5. The molecule has 142 valence electrons. The molecule has 24 heavy (non-hydrogen) atoms. The van der Waals surface area contributed by atoms with Gasteiger partial charge in [-0.15, -0.1) is 0 Å². The fourth-order valence-corrected chi connectivity index (χ4v) is 2.72. The first kappa shape index (κ1) is 23.1. The van der Waals surface area contributed by atoms with Gasteiger partial charge >= 0.3 is 5.97 Å². The van der Waals surface area contributed by atoms with Crippen molar-refractivity contribution in [2.75, 3.05) is 13.2 Å². The van der Waals surface area contributed by atoms with Gasteiger partial charge in [0, 0.05) is 6.42 Å². The van der Waals surface area contributed by atoms with Crippen LogP contribution in [0.1, 0.15) is 90.4 Å². The van der Waals surface area contributed by atoms with Gasteiger partial charge in [0.05, 0.1) is 19.3 Å². The number of unbranched alkanes of at least 4 members (excludes halogenated alkanes) is 8. The molecule has 0 saturated carbocycles. The van der Waals surface area contributed by atoms with E-state index >= 15 is 0 Å². The van der Waals surface area contributed by atoms with Crippen molar-refractivity contribution in [1.29, 1.82) is 0 Å². The van der Waals surface area contributed by atoms with Crippen LogP contribution < -0.4 is 0 Å². The van der Waals surface area contributed by atoms with Gasteiger partial charge in [-0.25, -0.2) is 0 Å². The fraction of sp³-hybridized carbons (Fsp3) is 0.850. The Hall–Kier alpha value is -0.870. The van der Waals surface area contributed by atoms with Crippen LogP contribution in [0.25, 0.3) is 0 Å². The SMILES string of the molecule is CCCCCC[C@H](C/C=C\CCCCCCCC(=O)O)OCCO. The van der Waals surface area contributed by atoms with E-state index in [0.717, 1.165) is 38.5 Å². The quantitative estimate of drug-likeness (QED) is 0.269. The smallest absolute Gasteiger partial charge is 0.303 e. The van der Waals surface area contributed by atoms with Crippen molar-refractivity contribution in [3.05, 3.63) is 12.2 Å². The molecule has 0 radical (unpaired) electrons. The molecular formula is C20H38O4. The molecule has 4 heteroatoms. The highest BCUT2D eigenvalue weighted by molar-refractivity contribution is 5.66. The number of aliphatic hydroxyl groups is 1. The van der Waals surface area contributed by atoms with Crippen LogP contribution in [0.15, 0.2) is 12.2 Å². The Morgan fingerprint density at radius 1 is 1.00 bits per heavy atom. The van der Waals surface area contributed by atoms with Gasteiger partial charge in [-0.3, -0.25) is 4.79 Å². The number of carboxylic acids is 1. The van der Waals surface area contributed by atoms with Crippen molar-refractivity contribution in [2.24, 2.45) is 0 Å². The van der Waals surface area contributed by atoms with E-state index in [-0.39, 0.29) is 12.7 Å². The van der Waals surface area contributed by atoms with Crippen molar-refractivity contribution >= 4 is 5.97 Å². The van der Waals surface area contributed by atoms with Crippen molar-refractivity contribution in [3.63, 3.8) is 0 Å². The summed E-state index contributed by atoms with van der Waals surface area (Å²) in [6, 6.07) is 0. The summed E-state index contributed by atoms with van der Waals surface area (Å²) in [6.45, 7) is 2.74. The Morgan fingerprint density at radius 2 is 1.71 bits per heavy atom. The molecule has 0 unspecified atom stereocenters. The van der Waals surface area contributed by atoms with Gasteiger partial charge in [0.1, 0.15) is 0 Å². The molecule has 0 aliphatic heterocycles. The van der Waals surface area contributed by atoms with E-state index in [2.05, 4.69) is 19.1 Å². The molecule has 0 aromatic carbocycles. The first-order chi connectivity index (χ1) is 11.7. The van der Waals surface area contributed by atoms with Gasteiger partial charge in [-0.1, -0.05) is 64.0 Å². The summed E-state index contributed by atoms with van der Waals surface area (Å²) < 4.78 is 5.71. The van der Waals surface area contributed by atoms with E-state index in [1.807, 2.05) is 0 Å². The minimum Gasteiger partial charge on any atom is -0.481 e. The zero-order chi connectivity index (χ0) is 17.9. The van der Waals surface area contributed by atoms with E-state index in [9.17, 15) is 4.79 Å². The number of hydrogen-bond acceptors (Lipinski definition) is 3. The van der Waals surface area contributed by atoms with Gasteiger partial charge in [0.25, 0.3) is 0 Å². The largest absolute Gasteiger partial charge is 0.481 e. The second kappa shape index (κ2) is 18.5. The number of carbonyl (C=O) groups is 1. The third-order valence-electron chi connectivity index (χ3n) is 4.15. The highest BCUT2D eigenvalue weighted by Gasteiger charge is 2.06. The molecule has 0 amide bonds. The zero-order valence-corrected chi connectivity index (χ0v) is 15.5. The predicted octanol–water partition coefficient (Wildman–Crippen LogP) is 5.10. The van der Waals surface area contributed by atoms with Crippen LogP contribution in [0.2, 0.25) is 0 Å². The minimum absolute atomic E-state index is 0.0943. The molecule has 2 N–H and O–H groups in total. The lowest BCUT2D eigenvalue weighted by atomic mass is 10.1. The van der Waals surface area contributed by atoms with E-state index in [1.165, 1.54) is 38.5 Å². The molecule has 0 heterocycles. The molecule has 0 fully saturated rings. The van der Waals surface area contributed by atoms with E-state index in [4.69, 9.17) is 14.9 Å². The number of carboxylic acid groups (broad SMARTS) is 1. The minimum atomic E-state index is -0.689. The van der Waals surface area contributed by atoms with E-state index in [1.54, 1.807) is 0 Å². The molecule has 0 bridgehead atoms. The molecule has 1 atom stereocenters. The molecule has 0 aliphatic carbocycles. The molecule has 0 aromatic rings. The maximum Gasteiger partial charge on any atom is 0.303 e. The Labute approximate surface area is 148 Å². The van der Waals surface area contributed by atoms with Crippen LogP contribution >= 0.6 is 0 Å². The van der Waals surface area contributed by atoms with Crippen LogP contribution in [0.3, 0.4) is 0 Å². The number of aliphatic carboxylic acids is 1. The first-order valence-corrected chi connectivity index (χ1v) is 9.80. The molecule has 0 rings (SSSR count). The summed E-state index contributed by atoms with van der Waals surface area (Å²) in [7, 11) is 0. The monoisotopic (exact) mass is 342 g/mol. The Morgan fingerprint density at radius 3 is 2.42 bits per heavy atom. The number of aliphatic hydroxyl groups excluding tert-OH is 1. The van der Waals surface area contributed by atoms with Gasteiger partial charge in [0.2, 0.25) is 0 Å². The lowest BCUT2D eigenvalue weighted by Crippen LogP contribution is -2.14. The number of hydrogen-bond donors (Lipinski definition) is 2.